The summed E-state index contributed by atoms with van der Waals surface area (Å²) in [5, 5.41) is 3.30. The van der Waals surface area contributed by atoms with Gasteiger partial charge in [0.1, 0.15) is 10.0 Å². The number of aromatic nitrogens is 2. The van der Waals surface area contributed by atoms with Crippen LogP contribution in [0.15, 0.2) is 40.6 Å². The first-order chi connectivity index (χ1) is 13.0. The molecule has 0 bridgehead atoms. The summed E-state index contributed by atoms with van der Waals surface area (Å²) in [5.74, 6) is 6.34. The van der Waals surface area contributed by atoms with Crippen molar-refractivity contribution in [1.82, 2.24) is 14.9 Å². The van der Waals surface area contributed by atoms with Gasteiger partial charge in [0.05, 0.1) is 13.1 Å². The second-order valence-corrected chi connectivity index (χ2v) is 7.73. The number of thiazole rings is 1. The summed E-state index contributed by atoms with van der Waals surface area (Å²) >= 11 is 7.76. The maximum absolute atomic E-state index is 12.5. The summed E-state index contributed by atoms with van der Waals surface area (Å²) in [7, 11) is 2.02. The lowest BCUT2D eigenvalue weighted by atomic mass is 10.0. The quantitative estimate of drug-likeness (QED) is 0.607. The van der Waals surface area contributed by atoms with Crippen LogP contribution in [-0.4, -0.2) is 28.5 Å². The Hall–Kier alpha value is -2.10. The largest absolute Gasteiger partial charge is 0.361 e. The molecule has 7 heteroatoms. The van der Waals surface area contributed by atoms with E-state index in [9.17, 15) is 4.79 Å². The van der Waals surface area contributed by atoms with E-state index in [2.05, 4.69) is 26.7 Å². The Labute approximate surface area is 180 Å². The third-order valence-electron chi connectivity index (χ3n) is 4.15. The maximum Gasteiger partial charge on any atom is 0.208 e. The van der Waals surface area contributed by atoms with Crippen molar-refractivity contribution in [2.45, 2.75) is 20.4 Å². The van der Waals surface area contributed by atoms with E-state index in [4.69, 9.17) is 11.6 Å². The van der Waals surface area contributed by atoms with Gasteiger partial charge in [0.25, 0.3) is 0 Å². The highest BCUT2D eigenvalue weighted by molar-refractivity contribution is 7.09. The highest BCUT2D eigenvalue weighted by Crippen LogP contribution is 2.22. The summed E-state index contributed by atoms with van der Waals surface area (Å²) in [6.07, 6.45) is 1.81. The van der Waals surface area contributed by atoms with Crippen molar-refractivity contribution >= 4 is 35.3 Å². The zero-order valence-corrected chi connectivity index (χ0v) is 18.3. The van der Waals surface area contributed by atoms with Gasteiger partial charge in [0.2, 0.25) is 5.43 Å². The molecule has 0 aliphatic carbocycles. The Morgan fingerprint density at radius 3 is 2.57 bits per heavy atom. The average Bonchev–Trinajstić information content (AvgIpc) is 3.14. The van der Waals surface area contributed by atoms with E-state index in [1.165, 1.54) is 0 Å². The molecule has 0 radical (unpaired) electrons. The molecule has 4 nitrogen and oxygen atoms in total. The number of nitrogens with zero attached hydrogens (tertiary/aromatic N) is 2. The van der Waals surface area contributed by atoms with E-state index in [1.54, 1.807) is 18.3 Å². The van der Waals surface area contributed by atoms with Crippen LogP contribution in [0.1, 0.15) is 22.0 Å². The van der Waals surface area contributed by atoms with E-state index in [0.29, 0.717) is 17.8 Å². The molecule has 1 N–H and O–H groups in total. The molecule has 0 atom stereocenters. The molecule has 0 saturated carbocycles. The number of nitrogens with one attached hydrogen (secondary N) is 1. The minimum Gasteiger partial charge on any atom is -0.361 e. The number of rotatable bonds is 4. The lowest BCUT2D eigenvalue weighted by Crippen LogP contribution is -2.17. The number of benzene rings is 1. The molecule has 146 valence electrons. The SMILES string of the molecule is Cc1[nH]c(C)c(-c2ccc(C#CCN(C)Cc3nccs3)cc2)c(=O)c1Cl.Cl. The van der Waals surface area contributed by atoms with Crippen molar-refractivity contribution in [3.8, 4) is 23.0 Å². The second kappa shape index (κ2) is 9.90. The van der Waals surface area contributed by atoms with Gasteiger partial charge >= 0.3 is 0 Å². The van der Waals surface area contributed by atoms with E-state index in [0.717, 1.165) is 28.4 Å². The zero-order chi connectivity index (χ0) is 19.4. The molecular formula is C21H21Cl2N3OS. The van der Waals surface area contributed by atoms with Gasteiger partial charge in [0.15, 0.2) is 0 Å². The fourth-order valence-electron chi connectivity index (χ4n) is 2.81. The number of hydrogen-bond acceptors (Lipinski definition) is 4. The predicted octanol–water partition coefficient (Wildman–Crippen LogP) is 4.67. The Kier molecular flexibility index (Phi) is 7.85. The molecule has 0 aliphatic heterocycles. The lowest BCUT2D eigenvalue weighted by Gasteiger charge is -2.10. The van der Waals surface area contributed by atoms with Gasteiger partial charge in [-0.25, -0.2) is 4.98 Å². The Morgan fingerprint density at radius 1 is 1.21 bits per heavy atom. The standard InChI is InChI=1S/C21H20ClN3OS.ClH/c1-14-19(21(26)20(22)15(2)24-14)17-8-6-16(7-9-17)5-4-11-25(3)13-18-23-10-12-27-18;/h6-10,12H,11,13H2,1-3H3,(H,24,26);1H. The number of hydrogen-bond donors (Lipinski definition) is 1. The third kappa shape index (κ3) is 5.24. The normalized spacial score (nSPS) is 10.3. The average molecular weight is 434 g/mol. The van der Waals surface area contributed by atoms with Gasteiger partial charge in [-0.2, -0.15) is 0 Å². The summed E-state index contributed by atoms with van der Waals surface area (Å²) in [5.41, 5.74) is 3.70. The van der Waals surface area contributed by atoms with Crippen LogP contribution in [0.4, 0.5) is 0 Å². The molecule has 3 rings (SSSR count). The zero-order valence-electron chi connectivity index (χ0n) is 15.9. The number of H-pyrrole nitrogens is 1. The van der Waals surface area contributed by atoms with Crippen LogP contribution in [0.25, 0.3) is 11.1 Å². The second-order valence-electron chi connectivity index (χ2n) is 6.37. The third-order valence-corrected chi connectivity index (χ3v) is 5.37. The van der Waals surface area contributed by atoms with Crippen molar-refractivity contribution in [1.29, 1.82) is 0 Å². The fourth-order valence-corrected chi connectivity index (χ4v) is 3.65. The van der Waals surface area contributed by atoms with Crippen LogP contribution in [0.2, 0.25) is 5.02 Å². The number of halogens is 2. The predicted molar refractivity (Wildman–Crippen MR) is 120 cm³/mol. The molecule has 0 amide bonds. The van der Waals surface area contributed by atoms with Gasteiger partial charge in [-0.15, -0.1) is 23.7 Å². The number of aromatic amines is 1. The van der Waals surface area contributed by atoms with Crippen molar-refractivity contribution < 1.29 is 0 Å². The van der Waals surface area contributed by atoms with E-state index in [1.807, 2.05) is 49.8 Å². The molecule has 0 spiro atoms. The van der Waals surface area contributed by atoms with Crippen LogP contribution in [0.5, 0.6) is 0 Å². The van der Waals surface area contributed by atoms with Crippen LogP contribution < -0.4 is 5.43 Å². The molecule has 3 aromatic rings. The molecule has 2 heterocycles. The monoisotopic (exact) mass is 433 g/mol. The van der Waals surface area contributed by atoms with Crippen molar-refractivity contribution in [3.63, 3.8) is 0 Å². The first-order valence-electron chi connectivity index (χ1n) is 8.51. The summed E-state index contributed by atoms with van der Waals surface area (Å²) < 4.78 is 0. The summed E-state index contributed by atoms with van der Waals surface area (Å²) in [4.78, 5) is 22.0. The van der Waals surface area contributed by atoms with E-state index < -0.39 is 0 Å². The number of pyridine rings is 1. The highest BCUT2D eigenvalue weighted by Gasteiger charge is 2.12. The van der Waals surface area contributed by atoms with E-state index in [-0.39, 0.29) is 22.9 Å². The first kappa shape index (κ1) is 22.2. The van der Waals surface area contributed by atoms with Crippen molar-refractivity contribution in [3.05, 3.63) is 73.0 Å². The molecular weight excluding hydrogens is 413 g/mol. The Balaban J connectivity index is 0.00000280. The smallest absolute Gasteiger partial charge is 0.208 e. The molecule has 0 unspecified atom stereocenters. The van der Waals surface area contributed by atoms with Crippen LogP contribution in [0.3, 0.4) is 0 Å². The minimum atomic E-state index is -0.145. The van der Waals surface area contributed by atoms with Gasteiger partial charge in [-0.1, -0.05) is 35.6 Å². The van der Waals surface area contributed by atoms with Crippen LogP contribution in [-0.2, 0) is 6.54 Å². The minimum absolute atomic E-state index is 0. The van der Waals surface area contributed by atoms with Crippen molar-refractivity contribution in [2.24, 2.45) is 0 Å². The summed E-state index contributed by atoms with van der Waals surface area (Å²) in [6.45, 7) is 5.13. The van der Waals surface area contributed by atoms with Crippen LogP contribution in [0, 0.1) is 25.7 Å². The van der Waals surface area contributed by atoms with Crippen LogP contribution >= 0.6 is 35.3 Å². The van der Waals surface area contributed by atoms with Crippen molar-refractivity contribution in [2.75, 3.05) is 13.6 Å². The van der Waals surface area contributed by atoms with Gasteiger partial charge in [0, 0.05) is 34.1 Å². The Morgan fingerprint density at radius 2 is 1.93 bits per heavy atom. The topological polar surface area (TPSA) is 49.0 Å². The fraction of sp³-hybridized carbons (Fsp3) is 0.238. The molecule has 0 saturated heterocycles. The molecule has 0 fully saturated rings. The lowest BCUT2D eigenvalue weighted by molar-refractivity contribution is 0.368. The molecule has 28 heavy (non-hydrogen) atoms. The molecule has 2 aromatic heterocycles. The van der Waals surface area contributed by atoms with E-state index >= 15 is 0 Å². The van der Waals surface area contributed by atoms with Gasteiger partial charge in [-0.3, -0.25) is 9.69 Å². The Bertz CT molecular complexity index is 1050. The first-order valence-corrected chi connectivity index (χ1v) is 9.76. The highest BCUT2D eigenvalue weighted by atomic mass is 35.5. The van der Waals surface area contributed by atoms with Gasteiger partial charge in [-0.05, 0) is 38.6 Å². The maximum atomic E-state index is 12.5. The van der Waals surface area contributed by atoms with Gasteiger partial charge < -0.3 is 4.98 Å². The summed E-state index contributed by atoms with van der Waals surface area (Å²) in [6, 6.07) is 7.67. The molecule has 1 aromatic carbocycles. The number of aryl methyl sites for hydroxylation is 2. The molecule has 0 aliphatic rings.